The maximum atomic E-state index is 11.7. The van der Waals surface area contributed by atoms with E-state index in [9.17, 15) is 9.59 Å². The Labute approximate surface area is 130 Å². The minimum absolute atomic E-state index is 0.0754. The molecule has 0 aliphatic rings. The molecule has 0 saturated heterocycles. The van der Waals surface area contributed by atoms with Crippen molar-refractivity contribution < 1.29 is 23.4 Å². The highest BCUT2D eigenvalue weighted by atomic mass is 127. The maximum absolute atomic E-state index is 11.7. The van der Waals surface area contributed by atoms with Crippen molar-refractivity contribution in [3.05, 3.63) is 25.8 Å². The number of methoxy groups -OCH3 is 1. The van der Waals surface area contributed by atoms with Gasteiger partial charge in [-0.15, -0.1) is 0 Å². The lowest BCUT2D eigenvalue weighted by Crippen LogP contribution is -2.16. The summed E-state index contributed by atoms with van der Waals surface area (Å²) in [4.78, 5) is 23.0. The number of ether oxygens (including phenoxy) is 3. The van der Waals surface area contributed by atoms with Gasteiger partial charge in [-0.05, 0) is 28.5 Å². The number of hydrogen-bond donors (Lipinski definition) is 0. The minimum atomic E-state index is -0.707. The fourth-order valence-electron chi connectivity index (χ4n) is 1.30. The predicted molar refractivity (Wildman–Crippen MR) is 80.2 cm³/mol. The van der Waals surface area contributed by atoms with E-state index < -0.39 is 11.6 Å². The van der Waals surface area contributed by atoms with Crippen molar-refractivity contribution in [2.24, 2.45) is 5.92 Å². The fraction of sp³-hybridized carbons (Fsp3) is 0.538. The lowest BCUT2D eigenvalue weighted by Gasteiger charge is -2.09. The Bertz CT molecular complexity index is 508. The molecule has 0 fully saturated rings. The topological polar surface area (TPSA) is 75.0 Å². The van der Waals surface area contributed by atoms with Crippen molar-refractivity contribution in [2.45, 2.75) is 13.8 Å². The summed E-state index contributed by atoms with van der Waals surface area (Å²) in [6, 6.07) is 1.40. The summed E-state index contributed by atoms with van der Waals surface area (Å²) in [6.07, 6.45) is 0. The molecule has 1 rings (SSSR count). The molecule has 1 aromatic heterocycles. The summed E-state index contributed by atoms with van der Waals surface area (Å²) in [7, 11) is 1.21. The largest absolute Gasteiger partial charge is 0.483 e. The van der Waals surface area contributed by atoms with Crippen LogP contribution in [-0.2, 0) is 9.47 Å². The molecule has 112 valence electrons. The van der Waals surface area contributed by atoms with E-state index in [1.165, 1.54) is 13.2 Å². The van der Waals surface area contributed by atoms with Gasteiger partial charge in [0.15, 0.2) is 0 Å². The quantitative estimate of drug-likeness (QED) is 0.399. The van der Waals surface area contributed by atoms with Crippen LogP contribution in [0.4, 0.5) is 0 Å². The zero-order chi connectivity index (χ0) is 15.1. The average molecular weight is 396 g/mol. The number of rotatable bonds is 7. The molecule has 0 atom stereocenters. The summed E-state index contributed by atoms with van der Waals surface area (Å²) in [5.41, 5.74) is -0.707. The van der Waals surface area contributed by atoms with Crippen molar-refractivity contribution in [1.29, 1.82) is 0 Å². The van der Waals surface area contributed by atoms with E-state index in [2.05, 4.69) is 4.74 Å². The fourth-order valence-corrected chi connectivity index (χ4v) is 1.96. The summed E-state index contributed by atoms with van der Waals surface area (Å²) in [5.74, 6) is -0.330. The number of hydrogen-bond acceptors (Lipinski definition) is 6. The molecule has 0 spiro atoms. The van der Waals surface area contributed by atoms with E-state index >= 15 is 0 Å². The molecule has 0 N–H and O–H groups in total. The highest BCUT2D eigenvalue weighted by molar-refractivity contribution is 14.1. The van der Waals surface area contributed by atoms with Crippen LogP contribution >= 0.6 is 22.6 Å². The predicted octanol–water partition coefficient (Wildman–Crippen LogP) is 2.08. The van der Waals surface area contributed by atoms with Gasteiger partial charge >= 0.3 is 11.6 Å². The molecule has 0 aliphatic heterocycles. The highest BCUT2D eigenvalue weighted by Gasteiger charge is 2.16. The number of halogens is 1. The Kier molecular flexibility index (Phi) is 7.00. The van der Waals surface area contributed by atoms with Gasteiger partial charge in [-0.2, -0.15) is 0 Å². The van der Waals surface area contributed by atoms with Gasteiger partial charge in [-0.25, -0.2) is 9.59 Å². The van der Waals surface area contributed by atoms with Gasteiger partial charge < -0.3 is 18.6 Å². The van der Waals surface area contributed by atoms with E-state index in [0.29, 0.717) is 22.7 Å². The third kappa shape index (κ3) is 5.12. The van der Waals surface area contributed by atoms with Crippen LogP contribution in [0.25, 0.3) is 0 Å². The van der Waals surface area contributed by atoms with E-state index in [4.69, 9.17) is 13.9 Å². The molecule has 1 aromatic rings. The first kappa shape index (κ1) is 17.0. The zero-order valence-electron chi connectivity index (χ0n) is 11.6. The van der Waals surface area contributed by atoms with Crippen molar-refractivity contribution in [3.8, 4) is 5.75 Å². The number of carbonyl (C=O) groups is 1. The molecule has 0 aliphatic carbocycles. The van der Waals surface area contributed by atoms with Gasteiger partial charge in [0.05, 0.1) is 17.3 Å². The highest BCUT2D eigenvalue weighted by Crippen LogP contribution is 2.18. The first-order valence-corrected chi connectivity index (χ1v) is 7.16. The van der Waals surface area contributed by atoms with Crippen LogP contribution < -0.4 is 10.4 Å². The molecule has 0 bridgehead atoms. The zero-order valence-corrected chi connectivity index (χ0v) is 13.8. The molecule has 7 heteroatoms. The Hall–Kier alpha value is -1.09. The van der Waals surface area contributed by atoms with Gasteiger partial charge in [0.2, 0.25) is 11.5 Å². The third-order valence-electron chi connectivity index (χ3n) is 2.17. The Morgan fingerprint density at radius 3 is 2.65 bits per heavy atom. The summed E-state index contributed by atoms with van der Waals surface area (Å²) >= 11 is 1.90. The summed E-state index contributed by atoms with van der Waals surface area (Å²) in [5, 5.41) is 0. The van der Waals surface area contributed by atoms with Gasteiger partial charge in [-0.3, -0.25) is 0 Å². The lowest BCUT2D eigenvalue weighted by atomic mass is 10.2. The second-order valence-corrected chi connectivity index (χ2v) is 5.55. The maximum Gasteiger partial charge on any atom is 0.380 e. The van der Waals surface area contributed by atoms with Crippen molar-refractivity contribution >= 4 is 28.6 Å². The molecule has 0 saturated carbocycles. The van der Waals surface area contributed by atoms with Crippen molar-refractivity contribution in [1.82, 2.24) is 0 Å². The van der Waals surface area contributed by atoms with Crippen LogP contribution in [0.1, 0.15) is 24.4 Å². The number of esters is 1. The molecule has 0 radical (unpaired) electrons. The molecular weight excluding hydrogens is 379 g/mol. The first-order chi connectivity index (χ1) is 9.45. The van der Waals surface area contributed by atoms with Crippen LogP contribution in [0.3, 0.4) is 0 Å². The second-order valence-electron chi connectivity index (χ2n) is 4.38. The lowest BCUT2D eigenvalue weighted by molar-refractivity contribution is 0.0556. The second kappa shape index (κ2) is 8.25. The monoisotopic (exact) mass is 396 g/mol. The number of carbonyl (C=O) groups excluding carboxylic acids is 1. The summed E-state index contributed by atoms with van der Waals surface area (Å²) < 4.78 is 20.5. The summed E-state index contributed by atoms with van der Waals surface area (Å²) in [6.45, 7) is 5.35. The smallest absolute Gasteiger partial charge is 0.380 e. The molecule has 20 heavy (non-hydrogen) atoms. The Balaban J connectivity index is 2.63. The van der Waals surface area contributed by atoms with E-state index in [1.807, 2.05) is 36.4 Å². The van der Waals surface area contributed by atoms with E-state index in [-0.39, 0.29) is 18.1 Å². The van der Waals surface area contributed by atoms with Gasteiger partial charge in [0.1, 0.15) is 6.61 Å². The van der Waals surface area contributed by atoms with Crippen LogP contribution in [0.15, 0.2) is 15.3 Å². The van der Waals surface area contributed by atoms with Crippen LogP contribution in [0.2, 0.25) is 0 Å². The average Bonchev–Trinajstić information content (AvgIpc) is 2.39. The normalized spacial score (nSPS) is 10.7. The Morgan fingerprint density at radius 1 is 1.40 bits per heavy atom. The first-order valence-electron chi connectivity index (χ1n) is 6.08. The van der Waals surface area contributed by atoms with E-state index in [1.54, 1.807) is 0 Å². The molecule has 1 heterocycles. The molecule has 6 nitrogen and oxygen atoms in total. The van der Waals surface area contributed by atoms with Gasteiger partial charge in [0, 0.05) is 12.7 Å². The van der Waals surface area contributed by atoms with Gasteiger partial charge in [0.25, 0.3) is 0 Å². The Morgan fingerprint density at radius 2 is 2.10 bits per heavy atom. The third-order valence-corrected chi connectivity index (χ3v) is 2.98. The van der Waals surface area contributed by atoms with Gasteiger partial charge in [-0.1, -0.05) is 13.8 Å². The molecule has 0 amide bonds. The van der Waals surface area contributed by atoms with Crippen LogP contribution in [0.5, 0.6) is 5.75 Å². The minimum Gasteiger partial charge on any atom is -0.483 e. The van der Waals surface area contributed by atoms with Crippen LogP contribution in [0, 0.1) is 9.49 Å². The van der Waals surface area contributed by atoms with Crippen molar-refractivity contribution in [3.63, 3.8) is 0 Å². The molecular formula is C13H17IO6. The van der Waals surface area contributed by atoms with Crippen LogP contribution in [-0.4, -0.2) is 32.9 Å². The standard InChI is InChI=1S/C13H17IO6/c1-8(2)7-18-4-5-19-11-9(14)6-10(12(15)17-3)20-13(11)16/h6,8H,4-5,7H2,1-3H3. The molecule has 0 aromatic carbocycles. The van der Waals surface area contributed by atoms with E-state index in [0.717, 1.165) is 0 Å². The molecule has 0 unspecified atom stereocenters. The van der Waals surface area contributed by atoms with Crippen molar-refractivity contribution in [2.75, 3.05) is 26.9 Å². The SMILES string of the molecule is COC(=O)c1cc(I)c(OCCOCC(C)C)c(=O)o1.